The van der Waals surface area contributed by atoms with Gasteiger partial charge in [-0.15, -0.1) is 0 Å². The molecule has 0 bridgehead atoms. The second kappa shape index (κ2) is 10.1. The molecule has 6 nitrogen and oxygen atoms in total. The first-order valence-electron chi connectivity index (χ1n) is 9.77. The largest absolute Gasteiger partial charge is 0.457 e. The summed E-state index contributed by atoms with van der Waals surface area (Å²) in [7, 11) is 0. The van der Waals surface area contributed by atoms with E-state index in [9.17, 15) is 9.59 Å². The summed E-state index contributed by atoms with van der Waals surface area (Å²) in [6.45, 7) is 3.90. The summed E-state index contributed by atoms with van der Waals surface area (Å²) in [4.78, 5) is 24.3. The third kappa shape index (κ3) is 6.38. The fraction of sp³-hybridized carbons (Fsp3) is 0.167. The second-order valence-electron chi connectivity index (χ2n) is 7.05. The normalized spacial score (nSPS) is 10.4. The highest BCUT2D eigenvalue weighted by Gasteiger charge is 2.08. The van der Waals surface area contributed by atoms with Crippen molar-refractivity contribution in [2.75, 3.05) is 17.2 Å². The molecule has 3 aromatic carbocycles. The van der Waals surface area contributed by atoms with Gasteiger partial charge in [-0.05, 0) is 68.4 Å². The molecule has 0 spiro atoms. The van der Waals surface area contributed by atoms with Crippen molar-refractivity contribution in [3.05, 3.63) is 84.4 Å². The van der Waals surface area contributed by atoms with Crippen molar-refractivity contribution >= 4 is 23.2 Å². The van der Waals surface area contributed by atoms with Crippen molar-refractivity contribution in [3.8, 4) is 11.5 Å². The van der Waals surface area contributed by atoms with Crippen LogP contribution < -0.4 is 20.7 Å². The Balaban J connectivity index is 1.50. The Morgan fingerprint density at radius 3 is 2.23 bits per heavy atom. The summed E-state index contributed by atoms with van der Waals surface area (Å²) in [5.74, 6) is 1.11. The van der Waals surface area contributed by atoms with Crippen LogP contribution in [0.15, 0.2) is 78.9 Å². The Kier molecular flexibility index (Phi) is 7.05. The van der Waals surface area contributed by atoms with Gasteiger partial charge >= 0.3 is 0 Å². The Labute approximate surface area is 176 Å². The average molecular weight is 403 g/mol. The number of para-hydroxylation sites is 1. The van der Waals surface area contributed by atoms with Crippen molar-refractivity contribution in [3.63, 3.8) is 0 Å². The number of carbonyl (C=O) groups is 2. The van der Waals surface area contributed by atoms with Crippen LogP contribution in [0.2, 0.25) is 0 Å². The minimum Gasteiger partial charge on any atom is -0.457 e. The number of rotatable bonds is 8. The van der Waals surface area contributed by atoms with Crippen molar-refractivity contribution < 1.29 is 14.3 Å². The molecule has 0 aliphatic heterocycles. The van der Waals surface area contributed by atoms with Gasteiger partial charge in [0.25, 0.3) is 5.91 Å². The van der Waals surface area contributed by atoms with Gasteiger partial charge < -0.3 is 20.7 Å². The number of amides is 2. The number of ether oxygens (including phenoxy) is 1. The van der Waals surface area contributed by atoms with Crippen LogP contribution in [0, 0.1) is 0 Å². The SMILES string of the molecule is CC(C)NC(=O)c1cccc(NCC(=O)Nc2ccc(Oc3ccccc3)cc2)c1. The Hall–Kier alpha value is -3.80. The van der Waals surface area contributed by atoms with E-state index in [4.69, 9.17) is 4.74 Å². The second-order valence-corrected chi connectivity index (χ2v) is 7.05. The molecule has 0 aliphatic rings. The number of hydrogen-bond acceptors (Lipinski definition) is 4. The van der Waals surface area contributed by atoms with E-state index in [0.717, 1.165) is 5.75 Å². The molecule has 0 radical (unpaired) electrons. The predicted octanol–water partition coefficient (Wildman–Crippen LogP) is 4.67. The van der Waals surface area contributed by atoms with E-state index in [1.54, 1.807) is 42.5 Å². The standard InChI is InChI=1S/C24H25N3O3/c1-17(2)26-24(29)18-7-6-8-20(15-18)25-16-23(28)27-19-11-13-22(14-12-19)30-21-9-4-3-5-10-21/h3-15,17,25H,16H2,1-2H3,(H,26,29)(H,27,28). The average Bonchev–Trinajstić information content (AvgIpc) is 2.74. The summed E-state index contributed by atoms with van der Waals surface area (Å²) in [5, 5.41) is 8.72. The quantitative estimate of drug-likeness (QED) is 0.511. The van der Waals surface area contributed by atoms with Crippen LogP contribution in [0.3, 0.4) is 0 Å². The summed E-state index contributed by atoms with van der Waals surface area (Å²) < 4.78 is 5.74. The van der Waals surface area contributed by atoms with Crippen LogP contribution in [-0.2, 0) is 4.79 Å². The van der Waals surface area contributed by atoms with Crippen molar-refractivity contribution in [1.82, 2.24) is 5.32 Å². The zero-order chi connectivity index (χ0) is 21.3. The molecule has 0 saturated carbocycles. The molecule has 2 amide bonds. The van der Waals surface area contributed by atoms with Gasteiger partial charge in [0.05, 0.1) is 6.54 Å². The van der Waals surface area contributed by atoms with E-state index >= 15 is 0 Å². The van der Waals surface area contributed by atoms with Gasteiger partial charge in [0, 0.05) is 23.0 Å². The zero-order valence-corrected chi connectivity index (χ0v) is 17.0. The monoisotopic (exact) mass is 403 g/mol. The molecule has 0 fully saturated rings. The van der Waals surface area contributed by atoms with Gasteiger partial charge in [-0.1, -0.05) is 24.3 Å². The molecule has 0 heterocycles. The Morgan fingerprint density at radius 2 is 1.53 bits per heavy atom. The molecule has 0 atom stereocenters. The molecular weight excluding hydrogens is 378 g/mol. The molecule has 0 unspecified atom stereocenters. The lowest BCUT2D eigenvalue weighted by Crippen LogP contribution is -2.30. The molecule has 3 aromatic rings. The minimum absolute atomic E-state index is 0.0596. The number of anilines is 2. The Bertz CT molecular complexity index is 986. The lowest BCUT2D eigenvalue weighted by atomic mass is 10.1. The number of carbonyl (C=O) groups excluding carboxylic acids is 2. The van der Waals surface area contributed by atoms with Crippen LogP contribution in [0.25, 0.3) is 0 Å². The van der Waals surface area contributed by atoms with Gasteiger partial charge in [0.15, 0.2) is 0 Å². The number of benzene rings is 3. The maximum absolute atomic E-state index is 12.2. The maximum atomic E-state index is 12.2. The molecule has 0 aliphatic carbocycles. The van der Waals surface area contributed by atoms with Crippen molar-refractivity contribution in [2.24, 2.45) is 0 Å². The molecular formula is C24H25N3O3. The highest BCUT2D eigenvalue weighted by atomic mass is 16.5. The summed E-state index contributed by atoms with van der Waals surface area (Å²) in [6, 6.07) is 23.8. The van der Waals surface area contributed by atoms with Gasteiger partial charge in [-0.2, -0.15) is 0 Å². The first-order chi connectivity index (χ1) is 14.5. The summed E-state index contributed by atoms with van der Waals surface area (Å²) >= 11 is 0. The third-order valence-corrected chi connectivity index (χ3v) is 4.11. The van der Waals surface area contributed by atoms with E-state index in [2.05, 4.69) is 16.0 Å². The number of nitrogens with one attached hydrogen (secondary N) is 3. The van der Waals surface area contributed by atoms with E-state index in [1.165, 1.54) is 0 Å². The topological polar surface area (TPSA) is 79.5 Å². The zero-order valence-electron chi connectivity index (χ0n) is 17.0. The van der Waals surface area contributed by atoms with Gasteiger partial charge in [0.1, 0.15) is 11.5 Å². The van der Waals surface area contributed by atoms with Gasteiger partial charge in [0.2, 0.25) is 5.91 Å². The van der Waals surface area contributed by atoms with E-state index < -0.39 is 0 Å². The summed E-state index contributed by atoms with van der Waals surface area (Å²) in [6.07, 6.45) is 0. The minimum atomic E-state index is -0.191. The van der Waals surface area contributed by atoms with Crippen LogP contribution in [0.5, 0.6) is 11.5 Å². The van der Waals surface area contributed by atoms with Gasteiger partial charge in [-0.3, -0.25) is 9.59 Å². The first-order valence-corrected chi connectivity index (χ1v) is 9.77. The van der Waals surface area contributed by atoms with Crippen molar-refractivity contribution in [1.29, 1.82) is 0 Å². The predicted molar refractivity (Wildman–Crippen MR) is 119 cm³/mol. The maximum Gasteiger partial charge on any atom is 0.251 e. The van der Waals surface area contributed by atoms with E-state index in [1.807, 2.05) is 50.2 Å². The summed E-state index contributed by atoms with van der Waals surface area (Å²) in [5.41, 5.74) is 1.92. The fourth-order valence-corrected chi connectivity index (χ4v) is 2.73. The van der Waals surface area contributed by atoms with Crippen LogP contribution in [-0.4, -0.2) is 24.4 Å². The van der Waals surface area contributed by atoms with E-state index in [0.29, 0.717) is 22.7 Å². The Morgan fingerprint density at radius 1 is 0.833 bits per heavy atom. The van der Waals surface area contributed by atoms with Crippen molar-refractivity contribution in [2.45, 2.75) is 19.9 Å². The molecule has 30 heavy (non-hydrogen) atoms. The highest BCUT2D eigenvalue weighted by Crippen LogP contribution is 2.22. The van der Waals surface area contributed by atoms with Crippen LogP contribution >= 0.6 is 0 Å². The number of hydrogen-bond donors (Lipinski definition) is 3. The molecule has 3 rings (SSSR count). The van der Waals surface area contributed by atoms with Crippen LogP contribution in [0.1, 0.15) is 24.2 Å². The molecule has 3 N–H and O–H groups in total. The fourth-order valence-electron chi connectivity index (χ4n) is 2.73. The highest BCUT2D eigenvalue weighted by molar-refractivity contribution is 5.96. The third-order valence-electron chi connectivity index (χ3n) is 4.11. The van der Waals surface area contributed by atoms with E-state index in [-0.39, 0.29) is 24.4 Å². The molecule has 0 saturated heterocycles. The molecule has 6 heteroatoms. The lowest BCUT2D eigenvalue weighted by molar-refractivity contribution is -0.114. The first kappa shape index (κ1) is 20.9. The van der Waals surface area contributed by atoms with Crippen LogP contribution in [0.4, 0.5) is 11.4 Å². The molecule has 0 aromatic heterocycles. The lowest BCUT2D eigenvalue weighted by Gasteiger charge is -2.11. The smallest absolute Gasteiger partial charge is 0.251 e. The molecule has 154 valence electrons. The van der Waals surface area contributed by atoms with Gasteiger partial charge in [-0.25, -0.2) is 0 Å².